The standard InChI is InChI=1S/C11H22N2O/c1-4-11(12-9(2)14)10-5-7-13(3)8-6-10/h10-11H,4-8H2,1-3H3,(H,12,14)/t11-/m0/s1. The summed E-state index contributed by atoms with van der Waals surface area (Å²) in [5.74, 6) is 0.788. The summed E-state index contributed by atoms with van der Waals surface area (Å²) in [6.07, 6.45) is 3.48. The normalized spacial score (nSPS) is 21.9. The van der Waals surface area contributed by atoms with E-state index in [1.54, 1.807) is 6.92 Å². The molecule has 14 heavy (non-hydrogen) atoms. The van der Waals surface area contributed by atoms with Gasteiger partial charge in [0.15, 0.2) is 0 Å². The number of piperidine rings is 1. The van der Waals surface area contributed by atoms with Crippen molar-refractivity contribution < 1.29 is 4.79 Å². The Hall–Kier alpha value is -0.570. The molecule has 0 spiro atoms. The van der Waals surface area contributed by atoms with Gasteiger partial charge in [0.1, 0.15) is 0 Å². The second-order valence-corrected chi connectivity index (χ2v) is 4.36. The Labute approximate surface area is 86.9 Å². The number of nitrogens with zero attached hydrogens (tertiary/aromatic N) is 1. The predicted octanol–water partition coefficient (Wildman–Crippen LogP) is 1.24. The molecule has 0 aromatic rings. The van der Waals surface area contributed by atoms with E-state index in [1.165, 1.54) is 25.9 Å². The van der Waals surface area contributed by atoms with Crippen LogP contribution in [0.3, 0.4) is 0 Å². The number of hydrogen-bond donors (Lipinski definition) is 1. The van der Waals surface area contributed by atoms with E-state index in [-0.39, 0.29) is 5.91 Å². The highest BCUT2D eigenvalue weighted by Gasteiger charge is 2.24. The predicted molar refractivity (Wildman–Crippen MR) is 58.1 cm³/mol. The summed E-state index contributed by atoms with van der Waals surface area (Å²) in [5, 5.41) is 3.06. The fourth-order valence-corrected chi connectivity index (χ4v) is 2.25. The van der Waals surface area contributed by atoms with Gasteiger partial charge in [-0.15, -0.1) is 0 Å². The minimum atomic E-state index is 0.107. The highest BCUT2D eigenvalue weighted by Crippen LogP contribution is 2.21. The zero-order valence-corrected chi connectivity index (χ0v) is 9.55. The lowest BCUT2D eigenvalue weighted by Crippen LogP contribution is -2.43. The maximum atomic E-state index is 11.0. The summed E-state index contributed by atoms with van der Waals surface area (Å²) in [6, 6.07) is 0.390. The third-order valence-corrected chi connectivity index (χ3v) is 3.16. The van der Waals surface area contributed by atoms with Crippen LogP contribution >= 0.6 is 0 Å². The van der Waals surface area contributed by atoms with Crippen LogP contribution in [0.5, 0.6) is 0 Å². The summed E-state index contributed by atoms with van der Waals surface area (Å²) in [5.41, 5.74) is 0. The fraction of sp³-hybridized carbons (Fsp3) is 0.909. The highest BCUT2D eigenvalue weighted by molar-refractivity contribution is 5.73. The van der Waals surface area contributed by atoms with Gasteiger partial charge in [-0.25, -0.2) is 0 Å². The van der Waals surface area contributed by atoms with E-state index in [0.717, 1.165) is 6.42 Å². The van der Waals surface area contributed by atoms with Gasteiger partial charge in [-0.1, -0.05) is 6.92 Å². The second kappa shape index (κ2) is 5.35. The Morgan fingerprint density at radius 3 is 2.50 bits per heavy atom. The average molecular weight is 198 g/mol. The molecule has 0 unspecified atom stereocenters. The molecule has 1 heterocycles. The first-order chi connectivity index (χ1) is 6.63. The molecule has 1 amide bonds. The van der Waals surface area contributed by atoms with Crippen LogP contribution in [-0.4, -0.2) is 37.0 Å². The van der Waals surface area contributed by atoms with Crippen LogP contribution in [0.2, 0.25) is 0 Å². The van der Waals surface area contributed by atoms with E-state index >= 15 is 0 Å². The SMILES string of the molecule is CC[C@H](NC(C)=O)C1CCN(C)CC1. The number of hydrogen-bond acceptors (Lipinski definition) is 2. The summed E-state index contributed by atoms with van der Waals surface area (Å²) in [4.78, 5) is 13.4. The fourth-order valence-electron chi connectivity index (χ4n) is 2.25. The molecule has 0 aliphatic carbocycles. The second-order valence-electron chi connectivity index (χ2n) is 4.36. The van der Waals surface area contributed by atoms with E-state index in [9.17, 15) is 4.79 Å². The topological polar surface area (TPSA) is 32.3 Å². The average Bonchev–Trinajstić information content (AvgIpc) is 2.15. The summed E-state index contributed by atoms with van der Waals surface area (Å²) < 4.78 is 0. The summed E-state index contributed by atoms with van der Waals surface area (Å²) >= 11 is 0. The van der Waals surface area contributed by atoms with Crippen LogP contribution in [-0.2, 0) is 4.79 Å². The van der Waals surface area contributed by atoms with Crippen LogP contribution in [0.25, 0.3) is 0 Å². The quantitative estimate of drug-likeness (QED) is 0.740. The first-order valence-electron chi connectivity index (χ1n) is 5.59. The number of nitrogens with one attached hydrogen (secondary N) is 1. The number of amides is 1. The molecule has 1 N–H and O–H groups in total. The van der Waals surface area contributed by atoms with Crippen molar-refractivity contribution in [1.29, 1.82) is 0 Å². The number of carbonyl (C=O) groups is 1. The van der Waals surface area contributed by atoms with Crippen LogP contribution < -0.4 is 5.32 Å². The van der Waals surface area contributed by atoms with Crippen molar-refractivity contribution in [1.82, 2.24) is 10.2 Å². The van der Waals surface area contributed by atoms with Gasteiger partial charge < -0.3 is 10.2 Å². The molecule has 0 aromatic carbocycles. The van der Waals surface area contributed by atoms with E-state index in [1.807, 2.05) is 0 Å². The van der Waals surface area contributed by atoms with Crippen molar-refractivity contribution in [2.45, 2.75) is 39.2 Å². The zero-order chi connectivity index (χ0) is 10.6. The van der Waals surface area contributed by atoms with Gasteiger partial charge >= 0.3 is 0 Å². The van der Waals surface area contributed by atoms with Gasteiger partial charge in [-0.2, -0.15) is 0 Å². The Bertz CT molecular complexity index is 186. The smallest absolute Gasteiger partial charge is 0.217 e. The summed E-state index contributed by atoms with van der Waals surface area (Å²) in [6.45, 7) is 6.10. The largest absolute Gasteiger partial charge is 0.353 e. The lowest BCUT2D eigenvalue weighted by molar-refractivity contribution is -0.120. The number of rotatable bonds is 3. The van der Waals surface area contributed by atoms with Crippen molar-refractivity contribution in [2.75, 3.05) is 20.1 Å². The molecule has 3 nitrogen and oxygen atoms in total. The third-order valence-electron chi connectivity index (χ3n) is 3.16. The number of carbonyl (C=O) groups excluding carboxylic acids is 1. The van der Waals surface area contributed by atoms with Gasteiger partial charge in [0.25, 0.3) is 0 Å². The van der Waals surface area contributed by atoms with Gasteiger partial charge in [-0.05, 0) is 45.3 Å². The molecule has 0 bridgehead atoms. The molecule has 3 heteroatoms. The maximum Gasteiger partial charge on any atom is 0.217 e. The molecule has 1 aliphatic heterocycles. The van der Waals surface area contributed by atoms with Crippen molar-refractivity contribution >= 4 is 5.91 Å². The van der Waals surface area contributed by atoms with E-state index in [2.05, 4.69) is 24.2 Å². The summed E-state index contributed by atoms with van der Waals surface area (Å²) in [7, 11) is 2.16. The van der Waals surface area contributed by atoms with Gasteiger partial charge in [0.05, 0.1) is 0 Å². The van der Waals surface area contributed by atoms with E-state index in [4.69, 9.17) is 0 Å². The Balaban J connectivity index is 2.40. The molecule has 82 valence electrons. The molecule has 1 aliphatic rings. The molecule has 1 rings (SSSR count). The Morgan fingerprint density at radius 1 is 1.50 bits per heavy atom. The molecule has 0 radical (unpaired) electrons. The van der Waals surface area contributed by atoms with Crippen LogP contribution in [0.15, 0.2) is 0 Å². The molecule has 1 fully saturated rings. The van der Waals surface area contributed by atoms with Crippen LogP contribution in [0.4, 0.5) is 0 Å². The Kier molecular flexibility index (Phi) is 4.39. The minimum Gasteiger partial charge on any atom is -0.353 e. The highest BCUT2D eigenvalue weighted by atomic mass is 16.1. The third kappa shape index (κ3) is 3.29. The van der Waals surface area contributed by atoms with E-state index in [0.29, 0.717) is 12.0 Å². The first-order valence-corrected chi connectivity index (χ1v) is 5.59. The van der Waals surface area contributed by atoms with Crippen LogP contribution in [0, 0.1) is 5.92 Å². The zero-order valence-electron chi connectivity index (χ0n) is 9.55. The number of likely N-dealkylation sites (tertiary alicyclic amines) is 1. The molecule has 1 saturated heterocycles. The Morgan fingerprint density at radius 2 is 2.07 bits per heavy atom. The van der Waals surface area contributed by atoms with Crippen LogP contribution in [0.1, 0.15) is 33.1 Å². The van der Waals surface area contributed by atoms with Gasteiger partial charge in [0, 0.05) is 13.0 Å². The molecular weight excluding hydrogens is 176 g/mol. The molecule has 1 atom stereocenters. The van der Waals surface area contributed by atoms with Crippen molar-refractivity contribution in [3.05, 3.63) is 0 Å². The monoisotopic (exact) mass is 198 g/mol. The molecule has 0 aromatic heterocycles. The minimum absolute atomic E-state index is 0.107. The molecular formula is C11H22N2O. The first kappa shape index (κ1) is 11.5. The van der Waals surface area contributed by atoms with Gasteiger partial charge in [-0.3, -0.25) is 4.79 Å². The van der Waals surface area contributed by atoms with Crippen molar-refractivity contribution in [3.8, 4) is 0 Å². The van der Waals surface area contributed by atoms with E-state index < -0.39 is 0 Å². The maximum absolute atomic E-state index is 11.0. The lowest BCUT2D eigenvalue weighted by atomic mass is 9.88. The molecule has 0 saturated carbocycles. The van der Waals surface area contributed by atoms with Gasteiger partial charge in [0.2, 0.25) is 5.91 Å². The lowest BCUT2D eigenvalue weighted by Gasteiger charge is -2.34. The van der Waals surface area contributed by atoms with Crippen molar-refractivity contribution in [3.63, 3.8) is 0 Å². The van der Waals surface area contributed by atoms with Crippen molar-refractivity contribution in [2.24, 2.45) is 5.92 Å².